The third kappa shape index (κ3) is 6.64. The van der Waals surface area contributed by atoms with Crippen LogP contribution in [0.25, 0.3) is 0 Å². The van der Waals surface area contributed by atoms with Crippen molar-refractivity contribution in [1.82, 2.24) is 0 Å². The molecule has 0 heterocycles. The van der Waals surface area contributed by atoms with Crippen molar-refractivity contribution >= 4 is 5.97 Å². The van der Waals surface area contributed by atoms with Crippen LogP contribution < -0.4 is 5.73 Å². The highest BCUT2D eigenvalue weighted by atomic mass is 16.6. The summed E-state index contributed by atoms with van der Waals surface area (Å²) in [5, 5.41) is 0. The highest BCUT2D eigenvalue weighted by molar-refractivity contribution is 5.75. The second-order valence-corrected chi connectivity index (χ2v) is 5.37. The lowest BCUT2D eigenvalue weighted by molar-refractivity contribution is -0.162. The number of nitrogens with two attached hydrogens (primary N) is 1. The first-order chi connectivity index (χ1) is 7.75. The number of hydrogen-bond acceptors (Lipinski definition) is 4. The summed E-state index contributed by atoms with van der Waals surface area (Å²) < 4.78 is 11.1. The van der Waals surface area contributed by atoms with Crippen LogP contribution in [0.4, 0.5) is 0 Å². The van der Waals surface area contributed by atoms with Gasteiger partial charge in [-0.1, -0.05) is 27.7 Å². The van der Waals surface area contributed by atoms with Gasteiger partial charge in [-0.25, -0.2) is 0 Å². The summed E-state index contributed by atoms with van der Waals surface area (Å²) in [4.78, 5) is 11.5. The summed E-state index contributed by atoms with van der Waals surface area (Å²) in [6.07, 6.45) is -0.354. The molecular formula is C13H27NO3. The lowest BCUT2D eigenvalue weighted by Crippen LogP contribution is -2.40. The Bertz CT molecular complexity index is 227. The van der Waals surface area contributed by atoms with Crippen LogP contribution in [0.15, 0.2) is 0 Å². The van der Waals surface area contributed by atoms with Crippen LogP contribution >= 0.6 is 0 Å². The van der Waals surface area contributed by atoms with Gasteiger partial charge < -0.3 is 15.2 Å². The molecule has 0 amide bonds. The van der Waals surface area contributed by atoms with E-state index in [2.05, 4.69) is 13.8 Å². The molecule has 0 aliphatic rings. The van der Waals surface area contributed by atoms with Gasteiger partial charge in [-0.15, -0.1) is 0 Å². The molecule has 2 N–H and O–H groups in total. The number of ether oxygens (including phenoxy) is 2. The minimum atomic E-state index is -0.589. The fraction of sp³-hybridized carbons (Fsp3) is 0.923. The third-order valence-electron chi connectivity index (χ3n) is 2.44. The monoisotopic (exact) mass is 245 g/mol. The maximum atomic E-state index is 11.5. The molecule has 4 nitrogen and oxygen atoms in total. The van der Waals surface area contributed by atoms with Gasteiger partial charge in [-0.05, 0) is 25.7 Å². The second-order valence-electron chi connectivity index (χ2n) is 5.37. The number of rotatable bonds is 7. The first kappa shape index (κ1) is 16.4. The normalized spacial score (nSPS) is 17.0. The second kappa shape index (κ2) is 7.67. The first-order valence-electron chi connectivity index (χ1n) is 6.33. The van der Waals surface area contributed by atoms with E-state index in [-0.39, 0.29) is 24.1 Å². The SMILES string of the molecule is CC(C)CO[C@@H](C)C(OC(=O)[C@H](C)N)C(C)C. The maximum Gasteiger partial charge on any atom is 0.322 e. The van der Waals surface area contributed by atoms with Gasteiger partial charge in [0, 0.05) is 6.61 Å². The Morgan fingerprint density at radius 1 is 1.12 bits per heavy atom. The van der Waals surface area contributed by atoms with E-state index in [0.717, 1.165) is 0 Å². The zero-order valence-electron chi connectivity index (χ0n) is 11.9. The van der Waals surface area contributed by atoms with Crippen LogP contribution in [0.2, 0.25) is 0 Å². The van der Waals surface area contributed by atoms with Crippen molar-refractivity contribution in [3.63, 3.8) is 0 Å². The van der Waals surface area contributed by atoms with E-state index in [1.165, 1.54) is 0 Å². The zero-order chi connectivity index (χ0) is 13.6. The molecule has 0 aliphatic heterocycles. The summed E-state index contributed by atoms with van der Waals surface area (Å²) in [7, 11) is 0. The molecule has 102 valence electrons. The van der Waals surface area contributed by atoms with Gasteiger partial charge in [0.25, 0.3) is 0 Å². The van der Waals surface area contributed by atoms with E-state index < -0.39 is 6.04 Å². The minimum absolute atomic E-state index is 0.111. The summed E-state index contributed by atoms with van der Waals surface area (Å²) in [6, 6.07) is -0.589. The quantitative estimate of drug-likeness (QED) is 0.696. The molecule has 3 atom stereocenters. The molecule has 0 aliphatic carbocycles. The van der Waals surface area contributed by atoms with E-state index >= 15 is 0 Å². The summed E-state index contributed by atoms with van der Waals surface area (Å²) in [5.41, 5.74) is 5.49. The van der Waals surface area contributed by atoms with Crippen molar-refractivity contribution in [2.45, 2.75) is 59.8 Å². The van der Waals surface area contributed by atoms with Gasteiger partial charge in [0.1, 0.15) is 12.1 Å². The van der Waals surface area contributed by atoms with Crippen molar-refractivity contribution in [3.05, 3.63) is 0 Å². The molecule has 0 spiro atoms. The van der Waals surface area contributed by atoms with Crippen LogP contribution in [0.3, 0.4) is 0 Å². The number of carbonyl (C=O) groups is 1. The molecule has 4 heteroatoms. The molecule has 0 bridgehead atoms. The minimum Gasteiger partial charge on any atom is -0.458 e. The van der Waals surface area contributed by atoms with Crippen LogP contribution in [0.5, 0.6) is 0 Å². The molecule has 0 rings (SSSR count). The Kier molecular flexibility index (Phi) is 7.39. The van der Waals surface area contributed by atoms with E-state index in [4.69, 9.17) is 15.2 Å². The molecule has 0 aromatic heterocycles. The number of hydrogen-bond donors (Lipinski definition) is 1. The molecule has 1 unspecified atom stereocenters. The highest BCUT2D eigenvalue weighted by Gasteiger charge is 2.26. The maximum absolute atomic E-state index is 11.5. The molecule has 0 aromatic rings. The van der Waals surface area contributed by atoms with Gasteiger partial charge in [-0.2, -0.15) is 0 Å². The molecule has 0 saturated heterocycles. The Hall–Kier alpha value is -0.610. The Labute approximate surface area is 105 Å². The van der Waals surface area contributed by atoms with Crippen molar-refractivity contribution < 1.29 is 14.3 Å². The topological polar surface area (TPSA) is 61.5 Å². The van der Waals surface area contributed by atoms with Gasteiger partial charge in [0.2, 0.25) is 0 Å². The third-order valence-corrected chi connectivity index (χ3v) is 2.44. The van der Waals surface area contributed by atoms with Gasteiger partial charge in [0.05, 0.1) is 6.10 Å². The van der Waals surface area contributed by atoms with E-state index in [9.17, 15) is 4.79 Å². The molecule has 17 heavy (non-hydrogen) atoms. The van der Waals surface area contributed by atoms with Crippen LogP contribution in [0, 0.1) is 11.8 Å². The zero-order valence-corrected chi connectivity index (χ0v) is 11.9. The van der Waals surface area contributed by atoms with E-state index in [1.807, 2.05) is 20.8 Å². The molecule has 0 fully saturated rings. The predicted octanol–water partition coefficient (Wildman–Crippen LogP) is 1.96. The van der Waals surface area contributed by atoms with Crippen LogP contribution in [0.1, 0.15) is 41.5 Å². The number of carbonyl (C=O) groups excluding carboxylic acids is 1. The van der Waals surface area contributed by atoms with Crippen molar-refractivity contribution in [3.8, 4) is 0 Å². The van der Waals surface area contributed by atoms with Gasteiger partial charge in [0.15, 0.2) is 0 Å². The average molecular weight is 245 g/mol. The van der Waals surface area contributed by atoms with Crippen LogP contribution in [-0.2, 0) is 14.3 Å². The summed E-state index contributed by atoms with van der Waals surface area (Å²) in [6.45, 7) is 12.4. The molecule has 0 saturated carbocycles. The Morgan fingerprint density at radius 3 is 2.00 bits per heavy atom. The first-order valence-corrected chi connectivity index (χ1v) is 6.33. The van der Waals surface area contributed by atoms with Gasteiger partial charge in [-0.3, -0.25) is 4.79 Å². The smallest absolute Gasteiger partial charge is 0.322 e. The fourth-order valence-electron chi connectivity index (χ4n) is 1.45. The Balaban J connectivity index is 4.36. The summed E-state index contributed by atoms with van der Waals surface area (Å²) in [5.74, 6) is 0.304. The van der Waals surface area contributed by atoms with E-state index in [1.54, 1.807) is 6.92 Å². The highest BCUT2D eigenvalue weighted by Crippen LogP contribution is 2.15. The lowest BCUT2D eigenvalue weighted by Gasteiger charge is -2.28. The number of esters is 1. The van der Waals surface area contributed by atoms with Crippen molar-refractivity contribution in [2.24, 2.45) is 17.6 Å². The fourth-order valence-corrected chi connectivity index (χ4v) is 1.45. The van der Waals surface area contributed by atoms with Gasteiger partial charge >= 0.3 is 5.97 Å². The van der Waals surface area contributed by atoms with Crippen molar-refractivity contribution in [1.29, 1.82) is 0 Å². The molecule has 0 aromatic carbocycles. The lowest BCUT2D eigenvalue weighted by atomic mass is 10.0. The molecule has 0 radical (unpaired) electrons. The summed E-state index contributed by atoms with van der Waals surface area (Å²) >= 11 is 0. The Morgan fingerprint density at radius 2 is 1.65 bits per heavy atom. The van der Waals surface area contributed by atoms with Crippen LogP contribution in [-0.4, -0.2) is 30.8 Å². The average Bonchev–Trinajstić information content (AvgIpc) is 2.21. The predicted molar refractivity (Wildman–Crippen MR) is 68.6 cm³/mol. The molecular weight excluding hydrogens is 218 g/mol. The largest absolute Gasteiger partial charge is 0.458 e. The van der Waals surface area contributed by atoms with Crippen molar-refractivity contribution in [2.75, 3.05) is 6.61 Å². The van der Waals surface area contributed by atoms with E-state index in [0.29, 0.717) is 12.5 Å². The standard InChI is InChI=1S/C13H27NO3/c1-8(2)7-16-11(6)12(9(3)4)17-13(15)10(5)14/h8-12H,7,14H2,1-6H3/t10-,11-,12?/m0/s1.